The van der Waals surface area contributed by atoms with Gasteiger partial charge < -0.3 is 10.6 Å². The van der Waals surface area contributed by atoms with E-state index < -0.39 is 0 Å². The van der Waals surface area contributed by atoms with Gasteiger partial charge in [-0.3, -0.25) is 4.79 Å². The molecule has 15 heavy (non-hydrogen) atoms. The van der Waals surface area contributed by atoms with Gasteiger partial charge in [-0.05, 0) is 31.1 Å². The zero-order valence-corrected chi connectivity index (χ0v) is 9.83. The van der Waals surface area contributed by atoms with Crippen LogP contribution in [0.4, 0.5) is 0 Å². The molecule has 3 nitrogen and oxygen atoms in total. The summed E-state index contributed by atoms with van der Waals surface area (Å²) in [5.74, 6) is 0.641. The Morgan fingerprint density at radius 2 is 2.33 bits per heavy atom. The van der Waals surface area contributed by atoms with Gasteiger partial charge in [-0.1, -0.05) is 13.8 Å². The van der Waals surface area contributed by atoms with Crippen LogP contribution in [0.2, 0.25) is 0 Å². The van der Waals surface area contributed by atoms with E-state index in [1.165, 1.54) is 0 Å². The molecule has 1 amide bonds. The number of likely N-dealkylation sites (tertiary alicyclic amines) is 1. The second kappa shape index (κ2) is 3.78. The Hall–Kier alpha value is -0.570. The third-order valence-corrected chi connectivity index (χ3v) is 4.23. The quantitative estimate of drug-likeness (QED) is 0.748. The van der Waals surface area contributed by atoms with Crippen molar-refractivity contribution in [3.05, 3.63) is 0 Å². The molecule has 0 bridgehead atoms. The molecular weight excluding hydrogens is 188 g/mol. The van der Waals surface area contributed by atoms with Crippen LogP contribution in [0, 0.1) is 11.3 Å². The Balaban J connectivity index is 1.92. The molecule has 1 saturated carbocycles. The lowest BCUT2D eigenvalue weighted by Crippen LogP contribution is -2.46. The summed E-state index contributed by atoms with van der Waals surface area (Å²) < 4.78 is 0. The maximum absolute atomic E-state index is 12.2. The second-order valence-electron chi connectivity index (χ2n) is 5.45. The van der Waals surface area contributed by atoms with Crippen LogP contribution in [0.15, 0.2) is 0 Å². The number of hydrogen-bond acceptors (Lipinski definition) is 2. The largest absolute Gasteiger partial charge is 0.341 e. The van der Waals surface area contributed by atoms with Gasteiger partial charge in [0.1, 0.15) is 0 Å². The van der Waals surface area contributed by atoms with Crippen molar-refractivity contribution in [1.82, 2.24) is 4.90 Å². The summed E-state index contributed by atoms with van der Waals surface area (Å²) in [5.41, 5.74) is 6.18. The molecule has 2 aliphatic rings. The first kappa shape index (κ1) is 10.9. The van der Waals surface area contributed by atoms with Gasteiger partial charge in [0.2, 0.25) is 5.91 Å². The Bertz CT molecular complexity index is 266. The van der Waals surface area contributed by atoms with Gasteiger partial charge in [-0.15, -0.1) is 0 Å². The predicted molar refractivity (Wildman–Crippen MR) is 60.3 cm³/mol. The van der Waals surface area contributed by atoms with Crippen molar-refractivity contribution in [3.63, 3.8) is 0 Å². The fourth-order valence-corrected chi connectivity index (χ4v) is 2.61. The van der Waals surface area contributed by atoms with E-state index in [9.17, 15) is 4.79 Å². The van der Waals surface area contributed by atoms with Gasteiger partial charge in [0.05, 0.1) is 0 Å². The first-order valence-corrected chi connectivity index (χ1v) is 6.11. The predicted octanol–water partition coefficient (Wildman–Crippen LogP) is 1.37. The van der Waals surface area contributed by atoms with E-state index in [1.807, 2.05) is 4.90 Å². The minimum Gasteiger partial charge on any atom is -0.341 e. The van der Waals surface area contributed by atoms with E-state index in [-0.39, 0.29) is 12.0 Å². The Labute approximate surface area is 92.0 Å². The fraction of sp³-hybridized carbons (Fsp3) is 0.917. The Kier molecular flexibility index (Phi) is 2.75. The Morgan fingerprint density at radius 3 is 2.87 bits per heavy atom. The topological polar surface area (TPSA) is 46.3 Å². The summed E-state index contributed by atoms with van der Waals surface area (Å²) in [6.07, 6.45) is 4.33. The van der Waals surface area contributed by atoms with E-state index in [0.717, 1.165) is 38.8 Å². The van der Waals surface area contributed by atoms with Crippen LogP contribution in [0.5, 0.6) is 0 Å². The standard InChI is InChI=1S/C12H22N2O/c1-3-12(2)7-10(12)11(15)14-6-4-5-9(13)8-14/h9-10H,3-8,13H2,1-2H3. The highest BCUT2D eigenvalue weighted by Gasteiger charge is 2.54. The van der Waals surface area contributed by atoms with Crippen molar-refractivity contribution >= 4 is 5.91 Å². The molecule has 0 aromatic heterocycles. The lowest BCUT2D eigenvalue weighted by molar-refractivity contribution is -0.134. The highest BCUT2D eigenvalue weighted by atomic mass is 16.2. The zero-order chi connectivity index (χ0) is 11.1. The molecule has 0 aromatic rings. The van der Waals surface area contributed by atoms with Crippen LogP contribution in [-0.4, -0.2) is 29.9 Å². The average Bonchev–Trinajstić information content (AvgIpc) is 2.91. The minimum atomic E-state index is 0.203. The molecule has 2 rings (SSSR count). The van der Waals surface area contributed by atoms with Gasteiger partial charge in [0.15, 0.2) is 0 Å². The van der Waals surface area contributed by atoms with Gasteiger partial charge in [0.25, 0.3) is 0 Å². The smallest absolute Gasteiger partial charge is 0.226 e. The number of nitrogens with zero attached hydrogens (tertiary/aromatic N) is 1. The lowest BCUT2D eigenvalue weighted by Gasteiger charge is -2.31. The van der Waals surface area contributed by atoms with E-state index in [4.69, 9.17) is 5.73 Å². The number of rotatable bonds is 2. The van der Waals surface area contributed by atoms with E-state index in [2.05, 4.69) is 13.8 Å². The highest BCUT2D eigenvalue weighted by Crippen LogP contribution is 2.55. The SMILES string of the molecule is CCC1(C)CC1C(=O)N1CCCC(N)C1. The second-order valence-corrected chi connectivity index (χ2v) is 5.45. The molecule has 1 heterocycles. The van der Waals surface area contributed by atoms with Gasteiger partial charge in [0, 0.05) is 25.0 Å². The summed E-state index contributed by atoms with van der Waals surface area (Å²) in [5, 5.41) is 0. The van der Waals surface area contributed by atoms with Gasteiger partial charge in [-0.2, -0.15) is 0 Å². The third-order valence-electron chi connectivity index (χ3n) is 4.23. The van der Waals surface area contributed by atoms with E-state index in [0.29, 0.717) is 11.3 Å². The van der Waals surface area contributed by atoms with Crippen molar-refractivity contribution in [2.24, 2.45) is 17.1 Å². The third kappa shape index (κ3) is 2.03. The minimum absolute atomic E-state index is 0.203. The summed E-state index contributed by atoms with van der Waals surface area (Å²) in [4.78, 5) is 14.1. The zero-order valence-electron chi connectivity index (χ0n) is 9.83. The molecule has 3 atom stereocenters. The maximum atomic E-state index is 12.2. The van der Waals surface area contributed by atoms with Crippen LogP contribution >= 0.6 is 0 Å². The molecule has 3 unspecified atom stereocenters. The van der Waals surface area contributed by atoms with Crippen LogP contribution in [0.25, 0.3) is 0 Å². The molecule has 2 N–H and O–H groups in total. The molecule has 1 aliphatic heterocycles. The van der Waals surface area contributed by atoms with E-state index >= 15 is 0 Å². The number of piperidine rings is 1. The number of hydrogen-bond donors (Lipinski definition) is 1. The van der Waals surface area contributed by atoms with Gasteiger partial charge in [-0.25, -0.2) is 0 Å². The highest BCUT2D eigenvalue weighted by molar-refractivity contribution is 5.82. The van der Waals surface area contributed by atoms with Crippen molar-refractivity contribution in [2.75, 3.05) is 13.1 Å². The lowest BCUT2D eigenvalue weighted by atomic mass is 10.0. The van der Waals surface area contributed by atoms with Crippen molar-refractivity contribution in [2.45, 2.75) is 45.6 Å². The number of amides is 1. The fourth-order valence-electron chi connectivity index (χ4n) is 2.61. The first-order valence-electron chi connectivity index (χ1n) is 6.11. The normalized spacial score (nSPS) is 40.3. The number of carbonyl (C=O) groups excluding carboxylic acids is 1. The molecule has 0 aromatic carbocycles. The monoisotopic (exact) mass is 210 g/mol. The molecule has 2 fully saturated rings. The molecule has 3 heteroatoms. The van der Waals surface area contributed by atoms with Gasteiger partial charge >= 0.3 is 0 Å². The molecule has 0 spiro atoms. The molecule has 86 valence electrons. The summed E-state index contributed by atoms with van der Waals surface area (Å²) in [7, 11) is 0. The maximum Gasteiger partial charge on any atom is 0.226 e. The van der Waals surface area contributed by atoms with Crippen LogP contribution in [0.1, 0.15) is 39.5 Å². The number of nitrogens with two attached hydrogens (primary N) is 1. The van der Waals surface area contributed by atoms with Crippen LogP contribution < -0.4 is 5.73 Å². The van der Waals surface area contributed by atoms with Crippen molar-refractivity contribution in [1.29, 1.82) is 0 Å². The molecule has 1 saturated heterocycles. The Morgan fingerprint density at radius 1 is 1.60 bits per heavy atom. The molecule has 1 aliphatic carbocycles. The molecular formula is C12H22N2O. The van der Waals surface area contributed by atoms with Crippen molar-refractivity contribution < 1.29 is 4.79 Å². The van der Waals surface area contributed by atoms with Crippen molar-refractivity contribution in [3.8, 4) is 0 Å². The van der Waals surface area contributed by atoms with E-state index in [1.54, 1.807) is 0 Å². The molecule has 0 radical (unpaired) electrons. The average molecular weight is 210 g/mol. The summed E-state index contributed by atoms with van der Waals surface area (Å²) in [6, 6.07) is 0.203. The van der Waals surface area contributed by atoms with Crippen LogP contribution in [-0.2, 0) is 4.79 Å². The first-order chi connectivity index (χ1) is 7.07. The summed E-state index contributed by atoms with van der Waals surface area (Å²) in [6.45, 7) is 6.09. The number of carbonyl (C=O) groups is 1. The summed E-state index contributed by atoms with van der Waals surface area (Å²) >= 11 is 0. The van der Waals surface area contributed by atoms with Crippen LogP contribution in [0.3, 0.4) is 0 Å².